The number of halogens is 1. The van der Waals surface area contributed by atoms with Crippen molar-refractivity contribution in [3.63, 3.8) is 0 Å². The molecule has 0 saturated carbocycles. The van der Waals surface area contributed by atoms with E-state index in [0.29, 0.717) is 29.6 Å². The Morgan fingerprint density at radius 2 is 1.85 bits per heavy atom. The van der Waals surface area contributed by atoms with Crippen molar-refractivity contribution in [2.45, 2.75) is 31.0 Å². The summed E-state index contributed by atoms with van der Waals surface area (Å²) in [4.78, 5) is 19.3. The molecule has 0 aliphatic carbocycles. The van der Waals surface area contributed by atoms with E-state index in [1.807, 2.05) is 18.7 Å². The van der Waals surface area contributed by atoms with Gasteiger partial charge < -0.3 is 9.64 Å². The first-order valence-corrected chi connectivity index (χ1v) is 12.1. The highest BCUT2D eigenvalue weighted by Gasteiger charge is 2.28. The van der Waals surface area contributed by atoms with Crippen molar-refractivity contribution in [3.8, 4) is 6.07 Å². The topological polar surface area (TPSA) is 105 Å². The maximum atomic E-state index is 13.4. The molecule has 0 bridgehead atoms. The van der Waals surface area contributed by atoms with Crippen LogP contribution in [0.2, 0.25) is 5.02 Å². The van der Waals surface area contributed by atoms with Crippen LogP contribution in [0.4, 0.5) is 5.82 Å². The van der Waals surface area contributed by atoms with E-state index in [0.717, 1.165) is 6.08 Å². The number of allylic oxidation sites excluding steroid dienone is 1. The smallest absolute Gasteiger partial charge is 0.267 e. The number of ether oxygens (including phenoxy) is 1. The van der Waals surface area contributed by atoms with Crippen LogP contribution in [0.5, 0.6) is 0 Å². The zero-order chi connectivity index (χ0) is 23.8. The number of aromatic nitrogens is 2. The molecule has 2 aromatic heterocycles. The highest BCUT2D eigenvalue weighted by atomic mass is 35.5. The van der Waals surface area contributed by atoms with E-state index in [4.69, 9.17) is 16.3 Å². The normalized spacial score (nSPS) is 19.5. The highest BCUT2D eigenvalue weighted by molar-refractivity contribution is 7.95. The fourth-order valence-electron chi connectivity index (χ4n) is 3.85. The van der Waals surface area contributed by atoms with Crippen LogP contribution in [0.1, 0.15) is 19.4 Å². The summed E-state index contributed by atoms with van der Waals surface area (Å²) in [5.41, 5.74) is -0.0314. The Bertz CT molecular complexity index is 1430. The second-order valence-electron chi connectivity index (χ2n) is 7.82. The number of fused-ring (bicyclic) bond motifs is 1. The third-order valence-corrected chi connectivity index (χ3v) is 7.20. The number of pyridine rings is 1. The second kappa shape index (κ2) is 8.98. The van der Waals surface area contributed by atoms with Crippen LogP contribution in [-0.4, -0.2) is 43.1 Å². The van der Waals surface area contributed by atoms with Gasteiger partial charge in [-0.15, -0.1) is 0 Å². The third kappa shape index (κ3) is 4.50. The quantitative estimate of drug-likeness (QED) is 0.523. The Kier molecular flexibility index (Phi) is 6.26. The van der Waals surface area contributed by atoms with Gasteiger partial charge in [0.1, 0.15) is 22.4 Å². The molecule has 0 amide bonds. The molecule has 1 fully saturated rings. The van der Waals surface area contributed by atoms with Crippen molar-refractivity contribution in [3.05, 3.63) is 74.5 Å². The van der Waals surface area contributed by atoms with E-state index >= 15 is 0 Å². The van der Waals surface area contributed by atoms with Crippen LogP contribution in [0.15, 0.2) is 63.3 Å². The monoisotopic (exact) mass is 484 g/mol. The molecule has 3 aromatic rings. The Balaban J connectivity index is 1.94. The van der Waals surface area contributed by atoms with E-state index in [-0.39, 0.29) is 22.7 Å². The van der Waals surface area contributed by atoms with E-state index < -0.39 is 20.3 Å². The Hall–Kier alpha value is -3.19. The lowest BCUT2D eigenvalue weighted by Crippen LogP contribution is -2.46. The summed E-state index contributed by atoms with van der Waals surface area (Å²) in [6.45, 7) is 4.76. The minimum atomic E-state index is -4.18. The first-order valence-electron chi connectivity index (χ1n) is 10.2. The summed E-state index contributed by atoms with van der Waals surface area (Å²) < 4.78 is 33.4. The summed E-state index contributed by atoms with van der Waals surface area (Å²) in [5.74, 6) is 0.312. The molecule has 0 spiro atoms. The Labute approximate surface area is 196 Å². The lowest BCUT2D eigenvalue weighted by atomic mass is 10.2. The number of nitrogens with zero attached hydrogens (tertiary/aromatic N) is 4. The maximum Gasteiger partial charge on any atom is 0.267 e. The summed E-state index contributed by atoms with van der Waals surface area (Å²) in [7, 11) is -4.18. The molecule has 0 unspecified atom stereocenters. The molecule has 170 valence electrons. The standard InChI is InChI=1S/C23H21ClN4O4S/c1-15-13-27(14-16(2)32-15)22-20(23(29)28-10-4-3-5-21(28)26-22)11-19(12-25)33(30,31)18-8-6-17(24)7-9-18/h3-11,15-16H,13-14H2,1-2H3/b19-11+/t15-,16-/m0/s1. The number of rotatable bonds is 4. The van der Waals surface area contributed by atoms with E-state index in [2.05, 4.69) is 4.98 Å². The third-order valence-electron chi connectivity index (χ3n) is 5.27. The van der Waals surface area contributed by atoms with Gasteiger partial charge in [-0.3, -0.25) is 9.20 Å². The van der Waals surface area contributed by atoms with Crippen LogP contribution >= 0.6 is 11.6 Å². The average molecular weight is 485 g/mol. The van der Waals surface area contributed by atoms with Crippen molar-refractivity contribution in [2.24, 2.45) is 0 Å². The SMILES string of the molecule is C[C@H]1CN(c2nc3ccccn3c(=O)c2/C=C(\C#N)S(=O)(=O)c2ccc(Cl)cc2)C[C@H](C)O1. The highest BCUT2D eigenvalue weighted by Crippen LogP contribution is 2.27. The number of hydrogen-bond donors (Lipinski definition) is 0. The van der Waals surface area contributed by atoms with Gasteiger partial charge in [0.25, 0.3) is 5.56 Å². The molecule has 0 radical (unpaired) electrons. The van der Waals surface area contributed by atoms with Gasteiger partial charge in [-0.2, -0.15) is 5.26 Å². The molecular formula is C23H21ClN4O4S. The van der Waals surface area contributed by atoms with Gasteiger partial charge in [-0.05, 0) is 56.3 Å². The molecule has 33 heavy (non-hydrogen) atoms. The average Bonchev–Trinajstić information content (AvgIpc) is 2.78. The van der Waals surface area contributed by atoms with E-state index in [1.54, 1.807) is 30.5 Å². The van der Waals surface area contributed by atoms with Gasteiger partial charge in [0.2, 0.25) is 9.84 Å². The fourth-order valence-corrected chi connectivity index (χ4v) is 5.12. The number of nitriles is 1. The molecule has 8 nitrogen and oxygen atoms in total. The number of hydrogen-bond acceptors (Lipinski definition) is 7. The van der Waals surface area contributed by atoms with Gasteiger partial charge >= 0.3 is 0 Å². The lowest BCUT2D eigenvalue weighted by Gasteiger charge is -2.36. The van der Waals surface area contributed by atoms with Crippen molar-refractivity contribution in [1.29, 1.82) is 5.26 Å². The Morgan fingerprint density at radius 1 is 1.18 bits per heavy atom. The minimum Gasteiger partial charge on any atom is -0.372 e. The van der Waals surface area contributed by atoms with Crippen molar-refractivity contribution in [1.82, 2.24) is 9.38 Å². The number of anilines is 1. The first-order chi connectivity index (χ1) is 15.7. The van der Waals surface area contributed by atoms with Crippen LogP contribution in [0, 0.1) is 11.3 Å². The molecule has 3 heterocycles. The predicted molar refractivity (Wildman–Crippen MR) is 126 cm³/mol. The molecule has 1 aliphatic rings. The number of benzene rings is 1. The van der Waals surface area contributed by atoms with Gasteiger partial charge in [0.15, 0.2) is 0 Å². The summed E-state index contributed by atoms with van der Waals surface area (Å²) in [6.07, 6.45) is 2.43. The van der Waals surface area contributed by atoms with E-state index in [9.17, 15) is 18.5 Å². The summed E-state index contributed by atoms with van der Waals surface area (Å²) >= 11 is 5.87. The fraction of sp³-hybridized carbons (Fsp3) is 0.261. The molecule has 0 N–H and O–H groups in total. The summed E-state index contributed by atoms with van der Waals surface area (Å²) in [5, 5.41) is 10.1. The molecule has 1 aromatic carbocycles. The van der Waals surface area contributed by atoms with E-state index in [1.165, 1.54) is 28.7 Å². The molecule has 1 aliphatic heterocycles. The van der Waals surface area contributed by atoms with Crippen molar-refractivity contribution < 1.29 is 13.2 Å². The van der Waals surface area contributed by atoms with Gasteiger partial charge in [-0.25, -0.2) is 13.4 Å². The van der Waals surface area contributed by atoms with Crippen LogP contribution in [-0.2, 0) is 14.6 Å². The lowest BCUT2D eigenvalue weighted by molar-refractivity contribution is -0.00546. The Morgan fingerprint density at radius 3 is 2.48 bits per heavy atom. The van der Waals surface area contributed by atoms with Crippen LogP contribution in [0.3, 0.4) is 0 Å². The summed E-state index contributed by atoms with van der Waals surface area (Å²) in [6, 6.07) is 12.4. The predicted octanol–water partition coefficient (Wildman–Crippen LogP) is 3.30. The van der Waals surface area contributed by atoms with Crippen molar-refractivity contribution in [2.75, 3.05) is 18.0 Å². The van der Waals surface area contributed by atoms with Gasteiger partial charge in [-0.1, -0.05) is 17.7 Å². The second-order valence-corrected chi connectivity index (χ2v) is 10.2. The molecule has 2 atom stereocenters. The van der Waals surface area contributed by atoms with Gasteiger partial charge in [0, 0.05) is 24.3 Å². The molecular weight excluding hydrogens is 464 g/mol. The zero-order valence-electron chi connectivity index (χ0n) is 18.0. The molecule has 10 heteroatoms. The van der Waals surface area contributed by atoms with Crippen LogP contribution in [0.25, 0.3) is 11.7 Å². The number of sulfone groups is 1. The number of morpholine rings is 1. The zero-order valence-corrected chi connectivity index (χ0v) is 19.5. The molecule has 1 saturated heterocycles. The van der Waals surface area contributed by atoms with Gasteiger partial charge in [0.05, 0.1) is 22.7 Å². The first kappa shape index (κ1) is 23.0. The van der Waals surface area contributed by atoms with Crippen LogP contribution < -0.4 is 10.5 Å². The maximum absolute atomic E-state index is 13.4. The largest absolute Gasteiger partial charge is 0.372 e. The minimum absolute atomic E-state index is 0.0223. The van der Waals surface area contributed by atoms with Crippen molar-refractivity contribution >= 4 is 39.0 Å². The molecule has 4 rings (SSSR count).